The number of rotatable bonds is 3. The molecule has 78 valence electrons. The Morgan fingerprint density at radius 1 is 1.47 bits per heavy atom. The molecule has 0 aromatic carbocycles. The third-order valence-corrected chi connectivity index (χ3v) is 2.52. The van der Waals surface area contributed by atoms with Crippen molar-refractivity contribution in [3.8, 4) is 11.5 Å². The van der Waals surface area contributed by atoms with E-state index in [1.54, 1.807) is 12.4 Å². The highest BCUT2D eigenvalue weighted by Gasteiger charge is 2.07. The minimum atomic E-state index is 0.570. The minimum Gasteiger partial charge on any atom is -0.369 e. The van der Waals surface area contributed by atoms with Crippen molar-refractivity contribution in [1.29, 1.82) is 0 Å². The summed E-state index contributed by atoms with van der Waals surface area (Å²) in [6.07, 6.45) is 3.35. The summed E-state index contributed by atoms with van der Waals surface area (Å²) in [6, 6.07) is 0. The first kappa shape index (κ1) is 10.3. The molecule has 7 heteroatoms. The second-order valence-corrected chi connectivity index (χ2v) is 3.94. The highest BCUT2D eigenvalue weighted by Crippen LogP contribution is 2.18. The Hall–Kier alpha value is -1.25. The Morgan fingerprint density at radius 2 is 2.33 bits per heavy atom. The van der Waals surface area contributed by atoms with Crippen LogP contribution in [0, 0.1) is 3.57 Å². The molecule has 2 heterocycles. The molecule has 2 N–H and O–H groups in total. The number of nitrogens with zero attached hydrogens (tertiary/aromatic N) is 4. The van der Waals surface area contributed by atoms with E-state index in [1.165, 1.54) is 0 Å². The molecule has 0 amide bonds. The summed E-state index contributed by atoms with van der Waals surface area (Å²) in [7, 11) is 0. The van der Waals surface area contributed by atoms with Gasteiger partial charge < -0.3 is 5.32 Å². The van der Waals surface area contributed by atoms with Crippen molar-refractivity contribution >= 4 is 28.4 Å². The molecule has 0 saturated heterocycles. The van der Waals surface area contributed by atoms with Crippen LogP contribution in [0.4, 0.5) is 5.82 Å². The zero-order valence-corrected chi connectivity index (χ0v) is 10.2. The van der Waals surface area contributed by atoms with Crippen molar-refractivity contribution in [2.45, 2.75) is 6.92 Å². The molecule has 6 nitrogen and oxygen atoms in total. The van der Waals surface area contributed by atoms with Crippen LogP contribution < -0.4 is 5.32 Å². The monoisotopic (exact) mass is 316 g/mol. The molecular formula is C8H9IN6. The zero-order chi connectivity index (χ0) is 10.7. The average Bonchev–Trinajstić information content (AvgIpc) is 2.75. The molecule has 0 radical (unpaired) electrons. The van der Waals surface area contributed by atoms with Crippen LogP contribution in [0.25, 0.3) is 11.5 Å². The standard InChI is InChI=1S/C8H9IN6/c1-2-10-7-5(9)3-11-8(13-7)6-4-12-15-14-6/h3-4H,2H2,1H3,(H,10,11,13)(H,12,14,15). The van der Waals surface area contributed by atoms with Crippen LogP contribution in [-0.4, -0.2) is 31.9 Å². The lowest BCUT2D eigenvalue weighted by Crippen LogP contribution is -2.03. The van der Waals surface area contributed by atoms with Gasteiger partial charge in [-0.3, -0.25) is 0 Å². The molecule has 0 spiro atoms. The maximum absolute atomic E-state index is 4.35. The Balaban J connectivity index is 2.38. The number of anilines is 1. The molecule has 2 rings (SSSR count). The lowest BCUT2D eigenvalue weighted by molar-refractivity contribution is 0.938. The van der Waals surface area contributed by atoms with Crippen LogP contribution in [0.1, 0.15) is 6.92 Å². The Bertz CT molecular complexity index is 440. The Labute approximate surface area is 100 Å². The second kappa shape index (κ2) is 4.51. The van der Waals surface area contributed by atoms with Crippen LogP contribution in [-0.2, 0) is 0 Å². The predicted molar refractivity (Wildman–Crippen MR) is 64.3 cm³/mol. The number of hydrogen-bond acceptors (Lipinski definition) is 5. The molecular weight excluding hydrogens is 307 g/mol. The Kier molecular flexibility index (Phi) is 3.09. The van der Waals surface area contributed by atoms with E-state index in [2.05, 4.69) is 53.3 Å². The lowest BCUT2D eigenvalue weighted by atomic mass is 10.4. The smallest absolute Gasteiger partial charge is 0.183 e. The highest BCUT2D eigenvalue weighted by molar-refractivity contribution is 14.1. The Morgan fingerprint density at radius 3 is 3.00 bits per heavy atom. The highest BCUT2D eigenvalue weighted by atomic mass is 127. The van der Waals surface area contributed by atoms with Gasteiger partial charge in [-0.1, -0.05) is 0 Å². The largest absolute Gasteiger partial charge is 0.369 e. The normalized spacial score (nSPS) is 10.3. The molecule has 2 aromatic heterocycles. The maximum Gasteiger partial charge on any atom is 0.183 e. The van der Waals surface area contributed by atoms with E-state index in [0.29, 0.717) is 11.5 Å². The summed E-state index contributed by atoms with van der Waals surface area (Å²) in [5.74, 6) is 1.39. The lowest BCUT2D eigenvalue weighted by Gasteiger charge is -2.05. The molecule has 0 saturated carbocycles. The second-order valence-electron chi connectivity index (χ2n) is 2.78. The van der Waals surface area contributed by atoms with Crippen LogP contribution in [0.3, 0.4) is 0 Å². The fraction of sp³-hybridized carbons (Fsp3) is 0.250. The van der Waals surface area contributed by atoms with Gasteiger partial charge in [-0.2, -0.15) is 15.4 Å². The van der Waals surface area contributed by atoms with E-state index >= 15 is 0 Å². The molecule has 15 heavy (non-hydrogen) atoms. The summed E-state index contributed by atoms with van der Waals surface area (Å²) in [6.45, 7) is 2.85. The number of nitrogens with one attached hydrogen (secondary N) is 2. The summed E-state index contributed by atoms with van der Waals surface area (Å²) in [4.78, 5) is 8.53. The number of hydrogen-bond donors (Lipinski definition) is 2. The number of aromatic nitrogens is 5. The summed E-state index contributed by atoms with van der Waals surface area (Å²) >= 11 is 2.19. The molecule has 0 aliphatic carbocycles. The molecule has 0 atom stereocenters. The van der Waals surface area contributed by atoms with Crippen LogP contribution >= 0.6 is 22.6 Å². The minimum absolute atomic E-state index is 0.570. The van der Waals surface area contributed by atoms with Gasteiger partial charge in [0.25, 0.3) is 0 Å². The van der Waals surface area contributed by atoms with Gasteiger partial charge in [-0.05, 0) is 29.5 Å². The van der Waals surface area contributed by atoms with Gasteiger partial charge in [0, 0.05) is 12.7 Å². The van der Waals surface area contributed by atoms with Crippen molar-refractivity contribution < 1.29 is 0 Å². The molecule has 2 aromatic rings. The number of aromatic amines is 1. The first-order valence-corrected chi connectivity index (χ1v) is 5.51. The van der Waals surface area contributed by atoms with Crippen molar-refractivity contribution in [3.63, 3.8) is 0 Å². The first-order chi connectivity index (χ1) is 7.31. The fourth-order valence-electron chi connectivity index (χ4n) is 1.09. The van der Waals surface area contributed by atoms with E-state index in [9.17, 15) is 0 Å². The van der Waals surface area contributed by atoms with E-state index in [4.69, 9.17) is 0 Å². The summed E-state index contributed by atoms with van der Waals surface area (Å²) < 4.78 is 0.988. The third kappa shape index (κ3) is 2.22. The van der Waals surface area contributed by atoms with E-state index in [0.717, 1.165) is 15.9 Å². The van der Waals surface area contributed by atoms with E-state index in [-0.39, 0.29) is 0 Å². The van der Waals surface area contributed by atoms with Gasteiger partial charge in [0.05, 0.1) is 9.77 Å². The van der Waals surface area contributed by atoms with Crippen molar-refractivity contribution in [2.75, 3.05) is 11.9 Å². The summed E-state index contributed by atoms with van der Waals surface area (Å²) in [5.41, 5.74) is 0.644. The third-order valence-electron chi connectivity index (χ3n) is 1.73. The van der Waals surface area contributed by atoms with Crippen molar-refractivity contribution in [3.05, 3.63) is 16.0 Å². The maximum atomic E-state index is 4.35. The number of H-pyrrole nitrogens is 1. The quantitative estimate of drug-likeness (QED) is 0.835. The van der Waals surface area contributed by atoms with E-state index in [1.807, 2.05) is 6.92 Å². The van der Waals surface area contributed by atoms with Gasteiger partial charge in [-0.25, -0.2) is 9.97 Å². The van der Waals surface area contributed by atoms with Crippen LogP contribution in [0.15, 0.2) is 12.4 Å². The van der Waals surface area contributed by atoms with Gasteiger partial charge in [0.15, 0.2) is 5.82 Å². The molecule has 0 bridgehead atoms. The molecule has 0 aliphatic rings. The van der Waals surface area contributed by atoms with E-state index < -0.39 is 0 Å². The van der Waals surface area contributed by atoms with Crippen LogP contribution in [0.5, 0.6) is 0 Å². The first-order valence-electron chi connectivity index (χ1n) is 4.44. The zero-order valence-electron chi connectivity index (χ0n) is 8.03. The topological polar surface area (TPSA) is 79.4 Å². The molecule has 0 fully saturated rings. The van der Waals surface area contributed by atoms with Gasteiger partial charge in [-0.15, -0.1) is 0 Å². The van der Waals surface area contributed by atoms with Gasteiger partial charge >= 0.3 is 0 Å². The van der Waals surface area contributed by atoms with Crippen LogP contribution in [0.2, 0.25) is 0 Å². The summed E-state index contributed by atoms with van der Waals surface area (Å²) in [5, 5.41) is 13.3. The van der Waals surface area contributed by atoms with Crippen molar-refractivity contribution in [2.24, 2.45) is 0 Å². The fourth-order valence-corrected chi connectivity index (χ4v) is 1.54. The number of halogens is 1. The van der Waals surface area contributed by atoms with Gasteiger partial charge in [0.1, 0.15) is 11.5 Å². The van der Waals surface area contributed by atoms with Gasteiger partial charge in [0.2, 0.25) is 0 Å². The predicted octanol–water partition coefficient (Wildman–Crippen LogP) is 1.30. The molecule has 0 unspecified atom stereocenters. The van der Waals surface area contributed by atoms with Crippen molar-refractivity contribution in [1.82, 2.24) is 25.4 Å². The average molecular weight is 316 g/mol. The SMILES string of the molecule is CCNc1nc(-c2cn[nH]n2)ncc1I. The molecule has 0 aliphatic heterocycles.